The van der Waals surface area contributed by atoms with Crippen molar-refractivity contribution in [2.45, 2.75) is 31.2 Å². The maximum Gasteiger partial charge on any atom is 0.324 e. The van der Waals surface area contributed by atoms with E-state index < -0.39 is 11.9 Å². The summed E-state index contributed by atoms with van der Waals surface area (Å²) in [6.07, 6.45) is 0.194. The summed E-state index contributed by atoms with van der Waals surface area (Å²) in [7, 11) is 1.56. The zero-order valence-electron chi connectivity index (χ0n) is 17.4. The Morgan fingerprint density at radius 1 is 1.29 bits per heavy atom. The zero-order chi connectivity index (χ0) is 22.2. The number of benzene rings is 1. The van der Waals surface area contributed by atoms with Gasteiger partial charge in [-0.15, -0.1) is 10.2 Å². The number of carbonyl (C=O) groups is 3. The van der Waals surface area contributed by atoms with E-state index in [1.165, 1.54) is 4.90 Å². The Labute approximate surface area is 184 Å². The van der Waals surface area contributed by atoms with Gasteiger partial charge in [-0.2, -0.15) is 0 Å². The summed E-state index contributed by atoms with van der Waals surface area (Å²) < 4.78 is 10.5. The average Bonchev–Trinajstić information content (AvgIpc) is 3.21. The molecule has 1 aliphatic rings. The molecule has 1 saturated heterocycles. The molecule has 2 N–H and O–H groups in total. The summed E-state index contributed by atoms with van der Waals surface area (Å²) in [5.74, 6) is -0.576. The van der Waals surface area contributed by atoms with Crippen molar-refractivity contribution in [3.8, 4) is 0 Å². The van der Waals surface area contributed by atoms with Crippen LogP contribution in [-0.4, -0.2) is 65.0 Å². The predicted molar refractivity (Wildman–Crippen MR) is 112 cm³/mol. The van der Waals surface area contributed by atoms with Crippen LogP contribution in [0.25, 0.3) is 0 Å². The topological polar surface area (TPSA) is 127 Å². The molecule has 1 aliphatic heterocycles. The van der Waals surface area contributed by atoms with E-state index in [1.54, 1.807) is 14.0 Å². The van der Waals surface area contributed by atoms with E-state index in [2.05, 4.69) is 20.8 Å². The number of carbonyl (C=O) groups excluding carboxylic acids is 3. The van der Waals surface area contributed by atoms with Gasteiger partial charge in [-0.3, -0.25) is 14.5 Å². The van der Waals surface area contributed by atoms with Crippen LogP contribution >= 0.6 is 11.8 Å². The van der Waals surface area contributed by atoms with Gasteiger partial charge in [0.15, 0.2) is 0 Å². The molecule has 2 atom stereocenters. The van der Waals surface area contributed by atoms with Gasteiger partial charge in [-0.05, 0) is 12.5 Å². The van der Waals surface area contributed by atoms with Crippen LogP contribution in [0.2, 0.25) is 0 Å². The number of ether oxygens (including phenoxy) is 1. The number of amides is 4. The number of urea groups is 1. The third-order valence-corrected chi connectivity index (χ3v) is 5.58. The highest BCUT2D eigenvalue weighted by Gasteiger charge is 2.39. The maximum atomic E-state index is 13.0. The van der Waals surface area contributed by atoms with E-state index in [0.717, 1.165) is 17.3 Å². The second kappa shape index (κ2) is 10.9. The summed E-state index contributed by atoms with van der Waals surface area (Å²) >= 11 is 1.12. The second-order valence-electron chi connectivity index (χ2n) is 7.05. The first-order chi connectivity index (χ1) is 15.0. The Morgan fingerprint density at radius 3 is 2.81 bits per heavy atom. The number of imide groups is 1. The zero-order valence-corrected chi connectivity index (χ0v) is 18.2. The molecular formula is C20H25N5O5S. The highest BCUT2D eigenvalue weighted by molar-refractivity contribution is 7.99. The number of thioether (sulfide) groups is 1. The molecule has 0 spiro atoms. The molecule has 0 saturated carbocycles. The fourth-order valence-electron chi connectivity index (χ4n) is 3.11. The van der Waals surface area contributed by atoms with Gasteiger partial charge >= 0.3 is 6.03 Å². The van der Waals surface area contributed by atoms with Crippen LogP contribution in [0.4, 0.5) is 4.79 Å². The fourth-order valence-corrected chi connectivity index (χ4v) is 3.72. The Bertz CT molecular complexity index is 906. The van der Waals surface area contributed by atoms with Crippen molar-refractivity contribution in [2.75, 3.05) is 26.0 Å². The van der Waals surface area contributed by atoms with E-state index in [9.17, 15) is 14.4 Å². The Hall–Kier alpha value is -2.92. The van der Waals surface area contributed by atoms with Crippen molar-refractivity contribution in [1.82, 2.24) is 25.7 Å². The van der Waals surface area contributed by atoms with E-state index in [4.69, 9.17) is 9.15 Å². The Balaban J connectivity index is 1.57. The quantitative estimate of drug-likeness (QED) is 0.411. The van der Waals surface area contributed by atoms with Gasteiger partial charge in [0.05, 0.1) is 24.8 Å². The van der Waals surface area contributed by atoms with Crippen molar-refractivity contribution in [2.24, 2.45) is 5.92 Å². The van der Waals surface area contributed by atoms with Gasteiger partial charge in [-0.1, -0.05) is 42.1 Å². The fraction of sp³-hybridized carbons (Fsp3) is 0.450. The minimum Gasteiger partial charge on any atom is -0.416 e. The van der Waals surface area contributed by atoms with Crippen molar-refractivity contribution < 1.29 is 23.5 Å². The average molecular weight is 448 g/mol. The van der Waals surface area contributed by atoms with Crippen molar-refractivity contribution in [3.05, 3.63) is 41.8 Å². The molecule has 0 aliphatic carbocycles. The molecule has 11 heteroatoms. The first kappa shape index (κ1) is 22.8. The lowest BCUT2D eigenvalue weighted by atomic mass is 9.93. The van der Waals surface area contributed by atoms with Gasteiger partial charge in [0.1, 0.15) is 0 Å². The Morgan fingerprint density at radius 2 is 2.06 bits per heavy atom. The number of hydrogen-bond donors (Lipinski definition) is 2. The molecule has 2 aromatic rings. The van der Waals surface area contributed by atoms with Crippen molar-refractivity contribution in [1.29, 1.82) is 0 Å². The molecule has 1 fully saturated rings. The van der Waals surface area contributed by atoms with Crippen LogP contribution in [0.5, 0.6) is 0 Å². The Kier molecular flexibility index (Phi) is 8.01. The largest absolute Gasteiger partial charge is 0.416 e. The summed E-state index contributed by atoms with van der Waals surface area (Å²) in [5.41, 5.74) is 0.861. The normalized spacial score (nSPS) is 18.7. The highest BCUT2D eigenvalue weighted by atomic mass is 32.2. The number of rotatable bonds is 10. The lowest BCUT2D eigenvalue weighted by molar-refractivity contribution is -0.135. The molecule has 1 aromatic heterocycles. The van der Waals surface area contributed by atoms with Gasteiger partial charge in [0.2, 0.25) is 17.7 Å². The van der Waals surface area contributed by atoms with E-state index >= 15 is 0 Å². The van der Waals surface area contributed by atoms with Crippen LogP contribution in [0.1, 0.15) is 18.4 Å². The first-order valence-corrected chi connectivity index (χ1v) is 10.8. The van der Waals surface area contributed by atoms with Crippen LogP contribution in [0.3, 0.4) is 0 Å². The molecule has 4 amide bonds. The molecule has 0 radical (unpaired) electrons. The minimum atomic E-state index is -0.531. The van der Waals surface area contributed by atoms with Crippen LogP contribution in [-0.2, 0) is 27.3 Å². The standard InChI is InChI=1S/C20H25N5O5S/c1-13-15(18(27)25(19(28)22-13)11-14-6-4-3-5-7-14)10-17-23-24-20(30-17)31-12-16(26)21-8-9-29-2/h3-7,13,15H,8-12H2,1-2H3,(H,21,26)(H,22,28). The molecule has 2 unspecified atom stereocenters. The van der Waals surface area contributed by atoms with Gasteiger partial charge in [-0.25, -0.2) is 4.79 Å². The molecule has 2 heterocycles. The number of nitrogens with one attached hydrogen (secondary N) is 2. The molecular weight excluding hydrogens is 422 g/mol. The number of aromatic nitrogens is 2. The summed E-state index contributed by atoms with van der Waals surface area (Å²) in [5, 5.41) is 13.7. The van der Waals surface area contributed by atoms with Crippen LogP contribution < -0.4 is 10.6 Å². The lowest BCUT2D eigenvalue weighted by Gasteiger charge is -2.35. The smallest absolute Gasteiger partial charge is 0.324 e. The van der Waals surface area contributed by atoms with E-state index in [0.29, 0.717) is 13.2 Å². The number of nitrogens with zero attached hydrogens (tertiary/aromatic N) is 3. The minimum absolute atomic E-state index is 0.130. The van der Waals surface area contributed by atoms with E-state index in [1.807, 2.05) is 30.3 Å². The number of methoxy groups -OCH3 is 1. The van der Waals surface area contributed by atoms with Crippen LogP contribution in [0.15, 0.2) is 40.0 Å². The maximum absolute atomic E-state index is 13.0. The monoisotopic (exact) mass is 447 g/mol. The van der Waals surface area contributed by atoms with Crippen molar-refractivity contribution in [3.63, 3.8) is 0 Å². The molecule has 0 bridgehead atoms. The molecule has 31 heavy (non-hydrogen) atoms. The van der Waals surface area contributed by atoms with E-state index in [-0.39, 0.29) is 47.7 Å². The molecule has 10 nitrogen and oxygen atoms in total. The van der Waals surface area contributed by atoms with Gasteiger partial charge < -0.3 is 19.8 Å². The molecule has 3 rings (SSSR count). The predicted octanol–water partition coefficient (Wildman–Crippen LogP) is 1.22. The number of hydrogen-bond acceptors (Lipinski definition) is 8. The lowest BCUT2D eigenvalue weighted by Crippen LogP contribution is -2.59. The molecule has 1 aromatic carbocycles. The third-order valence-electron chi connectivity index (χ3n) is 4.76. The SMILES string of the molecule is COCCNC(=O)CSc1nnc(CC2C(=O)N(Cc3ccccc3)C(=O)NC2C)o1. The highest BCUT2D eigenvalue weighted by Crippen LogP contribution is 2.23. The van der Waals surface area contributed by atoms with Crippen LogP contribution in [0, 0.1) is 5.92 Å². The van der Waals surface area contributed by atoms with Gasteiger partial charge in [0, 0.05) is 26.1 Å². The summed E-state index contributed by atoms with van der Waals surface area (Å²) in [6.45, 7) is 2.83. The summed E-state index contributed by atoms with van der Waals surface area (Å²) in [6, 6.07) is 8.52. The molecule has 166 valence electrons. The third kappa shape index (κ3) is 6.28. The second-order valence-corrected chi connectivity index (χ2v) is 7.98. The first-order valence-electron chi connectivity index (χ1n) is 9.84. The van der Waals surface area contributed by atoms with Crippen molar-refractivity contribution >= 4 is 29.6 Å². The summed E-state index contributed by atoms with van der Waals surface area (Å²) in [4.78, 5) is 38.3. The van der Waals surface area contributed by atoms with Gasteiger partial charge in [0.25, 0.3) is 5.22 Å².